The summed E-state index contributed by atoms with van der Waals surface area (Å²) in [5.74, 6) is 1.04. The van der Waals surface area contributed by atoms with E-state index in [4.69, 9.17) is 0 Å². The minimum atomic E-state index is -0.0526. The molecule has 5 nitrogen and oxygen atoms in total. The first kappa shape index (κ1) is 17.6. The van der Waals surface area contributed by atoms with Crippen molar-refractivity contribution in [3.63, 3.8) is 0 Å². The first-order chi connectivity index (χ1) is 12.3. The molecule has 1 N–H and O–H groups in total. The topological polar surface area (TPSA) is 59.8 Å². The molecule has 25 heavy (non-hydrogen) atoms. The third-order valence-electron chi connectivity index (χ3n) is 5.07. The highest BCUT2D eigenvalue weighted by molar-refractivity contribution is 5.93. The van der Waals surface area contributed by atoms with Gasteiger partial charge in [-0.3, -0.25) is 9.78 Å². The summed E-state index contributed by atoms with van der Waals surface area (Å²) in [5, 5.41) is 2.99. The molecular formula is C20H28N4O. The van der Waals surface area contributed by atoms with Crippen LogP contribution in [0, 0.1) is 6.92 Å². The lowest BCUT2D eigenvalue weighted by Crippen LogP contribution is -2.27. The molecule has 1 aliphatic rings. The van der Waals surface area contributed by atoms with Crippen LogP contribution in [0.1, 0.15) is 72.9 Å². The zero-order valence-electron chi connectivity index (χ0n) is 15.1. The maximum Gasteiger partial charge on any atom is 0.251 e. The lowest BCUT2D eigenvalue weighted by Gasteiger charge is -2.24. The molecule has 1 amide bonds. The lowest BCUT2D eigenvalue weighted by molar-refractivity contribution is 0.0953. The molecule has 2 aromatic heterocycles. The summed E-state index contributed by atoms with van der Waals surface area (Å²) in [6.07, 6.45) is 15.2. The van der Waals surface area contributed by atoms with E-state index in [1.165, 1.54) is 50.6 Å². The van der Waals surface area contributed by atoms with Crippen molar-refractivity contribution in [2.75, 3.05) is 6.54 Å². The molecule has 0 atom stereocenters. The summed E-state index contributed by atoms with van der Waals surface area (Å²) in [6, 6.07) is 4.03. The molecule has 2 heterocycles. The predicted molar refractivity (Wildman–Crippen MR) is 98.6 cm³/mol. The summed E-state index contributed by atoms with van der Waals surface area (Å²) in [4.78, 5) is 20.7. The number of amides is 1. The van der Waals surface area contributed by atoms with Gasteiger partial charge in [0.15, 0.2) is 0 Å². The molecule has 5 heteroatoms. The number of rotatable bonds is 5. The van der Waals surface area contributed by atoms with E-state index in [1.54, 1.807) is 24.5 Å². The Morgan fingerprint density at radius 2 is 1.84 bits per heavy atom. The number of hydrogen-bond donors (Lipinski definition) is 1. The monoisotopic (exact) mass is 340 g/mol. The minimum Gasteiger partial charge on any atom is -0.352 e. The number of nitrogens with zero attached hydrogens (tertiary/aromatic N) is 3. The smallest absolute Gasteiger partial charge is 0.251 e. The van der Waals surface area contributed by atoms with E-state index < -0.39 is 0 Å². The number of aryl methyl sites for hydroxylation is 1. The van der Waals surface area contributed by atoms with E-state index in [0.29, 0.717) is 18.2 Å². The Balaban J connectivity index is 1.60. The molecule has 2 aromatic rings. The van der Waals surface area contributed by atoms with E-state index >= 15 is 0 Å². The fraction of sp³-hybridized carbons (Fsp3) is 0.550. The quantitative estimate of drug-likeness (QED) is 0.899. The number of nitrogens with one attached hydrogen (secondary N) is 1. The molecule has 1 aliphatic carbocycles. The van der Waals surface area contributed by atoms with Crippen LogP contribution >= 0.6 is 0 Å². The van der Waals surface area contributed by atoms with Crippen molar-refractivity contribution in [3.05, 3.63) is 47.8 Å². The van der Waals surface area contributed by atoms with Gasteiger partial charge in [0, 0.05) is 48.9 Å². The normalized spacial score (nSPS) is 16.2. The molecule has 0 radical (unpaired) electrons. The van der Waals surface area contributed by atoms with E-state index in [9.17, 15) is 4.79 Å². The second-order valence-electron chi connectivity index (χ2n) is 6.93. The van der Waals surface area contributed by atoms with Crippen LogP contribution in [0.4, 0.5) is 0 Å². The van der Waals surface area contributed by atoms with E-state index in [2.05, 4.69) is 26.8 Å². The Morgan fingerprint density at radius 3 is 2.56 bits per heavy atom. The summed E-state index contributed by atoms with van der Waals surface area (Å²) in [7, 11) is 0. The van der Waals surface area contributed by atoms with Gasteiger partial charge in [0.1, 0.15) is 5.82 Å². The summed E-state index contributed by atoms with van der Waals surface area (Å²) in [5.41, 5.74) is 1.88. The van der Waals surface area contributed by atoms with Crippen molar-refractivity contribution in [3.8, 4) is 0 Å². The highest BCUT2D eigenvalue weighted by atomic mass is 16.1. The maximum absolute atomic E-state index is 12.1. The van der Waals surface area contributed by atoms with E-state index in [1.807, 2.05) is 6.20 Å². The number of carbonyl (C=O) groups is 1. The minimum absolute atomic E-state index is 0.0526. The van der Waals surface area contributed by atoms with Gasteiger partial charge in [-0.05, 0) is 31.9 Å². The van der Waals surface area contributed by atoms with Gasteiger partial charge in [0.05, 0.1) is 0 Å². The molecule has 3 rings (SSSR count). The van der Waals surface area contributed by atoms with Crippen molar-refractivity contribution in [1.82, 2.24) is 19.9 Å². The number of carbonyl (C=O) groups excluding carboxylic acids is 1. The summed E-state index contributed by atoms with van der Waals surface area (Å²) < 4.78 is 2.42. The van der Waals surface area contributed by atoms with E-state index in [0.717, 1.165) is 12.2 Å². The van der Waals surface area contributed by atoms with Crippen LogP contribution in [0.3, 0.4) is 0 Å². The van der Waals surface area contributed by atoms with Crippen molar-refractivity contribution in [1.29, 1.82) is 0 Å². The number of hydrogen-bond acceptors (Lipinski definition) is 3. The Morgan fingerprint density at radius 1 is 1.16 bits per heavy atom. The molecule has 0 unspecified atom stereocenters. The molecule has 0 bridgehead atoms. The van der Waals surface area contributed by atoms with Gasteiger partial charge in [-0.15, -0.1) is 0 Å². The average Bonchev–Trinajstić information content (AvgIpc) is 2.96. The van der Waals surface area contributed by atoms with Crippen molar-refractivity contribution < 1.29 is 4.79 Å². The molecule has 0 aliphatic heterocycles. The van der Waals surface area contributed by atoms with Crippen molar-refractivity contribution >= 4 is 5.91 Å². The zero-order chi connectivity index (χ0) is 17.5. The van der Waals surface area contributed by atoms with Gasteiger partial charge in [-0.1, -0.05) is 32.1 Å². The highest BCUT2D eigenvalue weighted by Crippen LogP contribution is 2.28. The fourth-order valence-electron chi connectivity index (χ4n) is 3.77. The standard InChI is InChI=1S/C20H28N4O/c1-16-15-23-19(24(16)18-7-5-3-2-4-6-8-18)11-14-22-20(25)17-9-12-21-13-10-17/h9-10,12-13,15,18H,2-8,11,14H2,1H3,(H,22,25). The van der Waals surface area contributed by atoms with Crippen LogP contribution in [0.15, 0.2) is 30.7 Å². The van der Waals surface area contributed by atoms with Crippen LogP contribution in [0.5, 0.6) is 0 Å². The lowest BCUT2D eigenvalue weighted by atomic mass is 9.96. The number of pyridine rings is 1. The van der Waals surface area contributed by atoms with Gasteiger partial charge >= 0.3 is 0 Å². The van der Waals surface area contributed by atoms with Gasteiger partial charge in [-0.25, -0.2) is 4.98 Å². The number of aromatic nitrogens is 3. The summed E-state index contributed by atoms with van der Waals surface area (Å²) >= 11 is 0. The zero-order valence-corrected chi connectivity index (χ0v) is 15.1. The third-order valence-corrected chi connectivity index (χ3v) is 5.07. The largest absolute Gasteiger partial charge is 0.352 e. The van der Waals surface area contributed by atoms with Crippen molar-refractivity contribution in [2.24, 2.45) is 0 Å². The summed E-state index contributed by atoms with van der Waals surface area (Å²) in [6.45, 7) is 2.75. The highest BCUT2D eigenvalue weighted by Gasteiger charge is 2.18. The predicted octanol–water partition coefficient (Wildman–Crippen LogP) is 3.84. The molecular weight excluding hydrogens is 312 g/mol. The molecule has 1 fully saturated rings. The van der Waals surface area contributed by atoms with Crippen LogP contribution in [-0.2, 0) is 6.42 Å². The van der Waals surface area contributed by atoms with Gasteiger partial charge in [-0.2, -0.15) is 0 Å². The maximum atomic E-state index is 12.1. The molecule has 134 valence electrons. The molecule has 1 saturated carbocycles. The van der Waals surface area contributed by atoms with Gasteiger partial charge in [0.25, 0.3) is 5.91 Å². The molecule has 0 saturated heterocycles. The van der Waals surface area contributed by atoms with E-state index in [-0.39, 0.29) is 5.91 Å². The fourth-order valence-corrected chi connectivity index (χ4v) is 3.77. The third kappa shape index (κ3) is 4.68. The van der Waals surface area contributed by atoms with Gasteiger partial charge < -0.3 is 9.88 Å². The van der Waals surface area contributed by atoms with Crippen LogP contribution in [0.25, 0.3) is 0 Å². The Kier molecular flexibility index (Phi) is 6.20. The SMILES string of the molecule is Cc1cnc(CCNC(=O)c2ccncc2)n1C1CCCCCCC1. The van der Waals surface area contributed by atoms with Crippen LogP contribution in [-0.4, -0.2) is 27.0 Å². The molecule has 0 spiro atoms. The second-order valence-corrected chi connectivity index (χ2v) is 6.93. The Labute approximate surface area is 149 Å². The Bertz CT molecular complexity index is 672. The number of imidazole rings is 1. The van der Waals surface area contributed by atoms with Gasteiger partial charge in [0.2, 0.25) is 0 Å². The van der Waals surface area contributed by atoms with Crippen LogP contribution < -0.4 is 5.32 Å². The Hall–Kier alpha value is -2.17. The van der Waals surface area contributed by atoms with Crippen molar-refractivity contribution in [2.45, 2.75) is 64.3 Å². The van der Waals surface area contributed by atoms with Crippen LogP contribution in [0.2, 0.25) is 0 Å². The first-order valence-electron chi connectivity index (χ1n) is 9.46. The first-order valence-corrected chi connectivity index (χ1v) is 9.46. The average molecular weight is 340 g/mol. The molecule has 0 aromatic carbocycles. The second kappa shape index (κ2) is 8.79.